The molecule has 0 radical (unpaired) electrons. The molecule has 1 aromatic carbocycles. The first-order chi connectivity index (χ1) is 13.6. The molecule has 2 heterocycles. The third kappa shape index (κ3) is 6.85. The maximum atomic E-state index is 12.4. The number of nitrogens with one attached hydrogen (secondary N) is 1. The molecule has 1 fully saturated rings. The predicted octanol–water partition coefficient (Wildman–Crippen LogP) is 3.32. The van der Waals surface area contributed by atoms with Crippen LogP contribution in [0.3, 0.4) is 0 Å². The van der Waals surface area contributed by atoms with Crippen LogP contribution in [0.1, 0.15) is 13.3 Å². The van der Waals surface area contributed by atoms with Crippen LogP contribution in [0.25, 0.3) is 0 Å². The molecule has 1 saturated heterocycles. The molecule has 29 heavy (non-hydrogen) atoms. The molecule has 0 amide bonds. The first kappa shape index (κ1) is 23.9. The van der Waals surface area contributed by atoms with Crippen LogP contribution in [-0.4, -0.2) is 64.3 Å². The Labute approximate surface area is 195 Å². The molecule has 160 valence electrons. The molecule has 1 aromatic heterocycles. The monoisotopic (exact) mass is 548 g/mol. The molecule has 2 aromatic rings. The molecule has 1 aliphatic heterocycles. The lowest BCUT2D eigenvalue weighted by molar-refractivity contribution is 0.373. The van der Waals surface area contributed by atoms with Gasteiger partial charge in [-0.05, 0) is 43.0 Å². The largest absolute Gasteiger partial charge is 0.360 e. The molecular formula is C20H29IN4O2S2. The summed E-state index contributed by atoms with van der Waals surface area (Å²) in [5, 5.41) is 6.76. The van der Waals surface area contributed by atoms with Crippen molar-refractivity contribution in [2.45, 2.75) is 18.2 Å². The van der Waals surface area contributed by atoms with Crippen LogP contribution >= 0.6 is 35.3 Å². The van der Waals surface area contributed by atoms with Gasteiger partial charge in [-0.15, -0.1) is 35.3 Å². The molecular weight excluding hydrogens is 519 g/mol. The van der Waals surface area contributed by atoms with E-state index in [1.807, 2.05) is 6.07 Å². The Balaban J connectivity index is 0.00000300. The van der Waals surface area contributed by atoms with E-state index in [1.54, 1.807) is 35.6 Å². The van der Waals surface area contributed by atoms with Gasteiger partial charge >= 0.3 is 0 Å². The lowest BCUT2D eigenvalue weighted by Crippen LogP contribution is -2.52. The Morgan fingerprint density at radius 3 is 2.45 bits per heavy atom. The predicted molar refractivity (Wildman–Crippen MR) is 133 cm³/mol. The number of sulfone groups is 1. The van der Waals surface area contributed by atoms with E-state index >= 15 is 0 Å². The van der Waals surface area contributed by atoms with Gasteiger partial charge in [-0.2, -0.15) is 0 Å². The minimum Gasteiger partial charge on any atom is -0.360 e. The van der Waals surface area contributed by atoms with Crippen molar-refractivity contribution in [2.75, 3.05) is 49.9 Å². The number of piperazine rings is 1. The fourth-order valence-corrected chi connectivity index (χ4v) is 5.30. The lowest BCUT2D eigenvalue weighted by Gasteiger charge is -2.37. The van der Waals surface area contributed by atoms with Crippen molar-refractivity contribution in [1.29, 1.82) is 0 Å². The zero-order valence-corrected chi connectivity index (χ0v) is 20.6. The molecule has 1 N–H and O–H groups in total. The highest BCUT2D eigenvalue weighted by Crippen LogP contribution is 2.22. The van der Waals surface area contributed by atoms with Gasteiger partial charge < -0.3 is 15.1 Å². The van der Waals surface area contributed by atoms with Crippen LogP contribution < -0.4 is 10.2 Å². The van der Waals surface area contributed by atoms with Crippen LogP contribution in [0.2, 0.25) is 0 Å². The van der Waals surface area contributed by atoms with E-state index in [9.17, 15) is 8.42 Å². The van der Waals surface area contributed by atoms with Gasteiger partial charge in [0.2, 0.25) is 0 Å². The highest BCUT2D eigenvalue weighted by molar-refractivity contribution is 14.0. The quantitative estimate of drug-likeness (QED) is 0.249. The molecule has 9 heteroatoms. The average Bonchev–Trinajstić information content (AvgIpc) is 3.26. The van der Waals surface area contributed by atoms with Crippen LogP contribution in [0.5, 0.6) is 0 Å². The van der Waals surface area contributed by atoms with Gasteiger partial charge in [0.05, 0.1) is 15.6 Å². The van der Waals surface area contributed by atoms with Crippen molar-refractivity contribution in [3.63, 3.8) is 0 Å². The molecule has 0 spiro atoms. The van der Waals surface area contributed by atoms with Crippen molar-refractivity contribution >= 4 is 56.1 Å². The summed E-state index contributed by atoms with van der Waals surface area (Å²) in [5.74, 6) is 0.997. The Morgan fingerprint density at radius 2 is 1.83 bits per heavy atom. The Hall–Kier alpha value is -1.33. The van der Waals surface area contributed by atoms with E-state index in [0.717, 1.165) is 38.7 Å². The van der Waals surface area contributed by atoms with Gasteiger partial charge in [0.15, 0.2) is 15.8 Å². The minimum absolute atomic E-state index is 0. The number of rotatable bonds is 7. The Kier molecular flexibility index (Phi) is 9.70. The summed E-state index contributed by atoms with van der Waals surface area (Å²) in [4.78, 5) is 9.72. The fraction of sp³-hybridized carbons (Fsp3) is 0.450. The molecule has 0 saturated carbocycles. The summed E-state index contributed by atoms with van der Waals surface area (Å²) in [6.07, 6.45) is 0.515. The van der Waals surface area contributed by atoms with Crippen molar-refractivity contribution in [3.05, 3.63) is 47.8 Å². The summed E-state index contributed by atoms with van der Waals surface area (Å²) in [5.41, 5.74) is 0. The van der Waals surface area contributed by atoms with Gasteiger partial charge in [-0.3, -0.25) is 4.99 Å². The molecule has 1 aliphatic rings. The molecule has 0 unspecified atom stereocenters. The number of anilines is 1. The summed E-state index contributed by atoms with van der Waals surface area (Å²) in [7, 11) is -3.24. The average molecular weight is 549 g/mol. The van der Waals surface area contributed by atoms with Crippen molar-refractivity contribution < 1.29 is 8.42 Å². The van der Waals surface area contributed by atoms with E-state index in [4.69, 9.17) is 0 Å². The van der Waals surface area contributed by atoms with Crippen LogP contribution in [0, 0.1) is 0 Å². The number of benzene rings is 1. The number of guanidine groups is 1. The first-order valence-corrected chi connectivity index (χ1v) is 12.2. The summed E-state index contributed by atoms with van der Waals surface area (Å²) in [6, 6.07) is 12.9. The molecule has 3 rings (SSSR count). The van der Waals surface area contributed by atoms with Crippen molar-refractivity contribution in [1.82, 2.24) is 10.2 Å². The topological polar surface area (TPSA) is 65.0 Å². The maximum absolute atomic E-state index is 12.4. The minimum atomic E-state index is -3.24. The number of thiophene rings is 1. The number of halogens is 1. The smallest absolute Gasteiger partial charge is 0.194 e. The normalized spacial score (nSPS) is 15.1. The maximum Gasteiger partial charge on any atom is 0.194 e. The Bertz CT molecular complexity index is 850. The van der Waals surface area contributed by atoms with E-state index in [-0.39, 0.29) is 29.7 Å². The Morgan fingerprint density at radius 1 is 1.10 bits per heavy atom. The SMILES string of the molecule is CCNC(=NCCCS(=O)(=O)c1ccccc1)N1CCN(c2cccs2)CC1.I. The summed E-state index contributed by atoms with van der Waals surface area (Å²) >= 11 is 1.77. The third-order valence-electron chi connectivity index (χ3n) is 4.67. The third-order valence-corrected chi connectivity index (χ3v) is 7.41. The van der Waals surface area contributed by atoms with Crippen LogP contribution in [-0.2, 0) is 9.84 Å². The van der Waals surface area contributed by atoms with Crippen LogP contribution in [0.4, 0.5) is 5.00 Å². The number of hydrogen-bond donors (Lipinski definition) is 1. The molecule has 6 nitrogen and oxygen atoms in total. The molecule has 0 aliphatic carbocycles. The summed E-state index contributed by atoms with van der Waals surface area (Å²) in [6.45, 7) is 7.10. The fourth-order valence-electron chi connectivity index (χ4n) is 3.20. The highest BCUT2D eigenvalue weighted by atomic mass is 127. The standard InChI is InChI=1S/C20H28N4O2S2.HI/c1-2-21-20(24-14-12-23(13-15-24)19-10-6-16-27-19)22-11-7-17-28(25,26)18-8-4-3-5-9-18;/h3-6,8-10,16H,2,7,11-15,17H2,1H3,(H,21,22);1H. The van der Waals surface area contributed by atoms with Gasteiger partial charge in [0, 0.05) is 39.3 Å². The highest BCUT2D eigenvalue weighted by Gasteiger charge is 2.20. The van der Waals surface area contributed by atoms with Crippen molar-refractivity contribution in [2.24, 2.45) is 4.99 Å². The lowest BCUT2D eigenvalue weighted by atomic mass is 10.3. The van der Waals surface area contributed by atoms with E-state index in [2.05, 4.69) is 44.5 Å². The summed E-state index contributed by atoms with van der Waals surface area (Å²) < 4.78 is 24.7. The molecule has 0 bridgehead atoms. The number of nitrogens with zero attached hydrogens (tertiary/aromatic N) is 3. The second-order valence-corrected chi connectivity index (χ2v) is 9.68. The number of hydrogen-bond acceptors (Lipinski definition) is 5. The van der Waals surface area contributed by atoms with E-state index in [0.29, 0.717) is 17.9 Å². The zero-order valence-electron chi connectivity index (χ0n) is 16.7. The van der Waals surface area contributed by atoms with Gasteiger partial charge in [-0.25, -0.2) is 8.42 Å². The second-order valence-electron chi connectivity index (χ2n) is 6.65. The first-order valence-electron chi connectivity index (χ1n) is 9.69. The second kappa shape index (κ2) is 11.8. The van der Waals surface area contributed by atoms with Crippen LogP contribution in [0.15, 0.2) is 57.7 Å². The van der Waals surface area contributed by atoms with Crippen molar-refractivity contribution in [3.8, 4) is 0 Å². The van der Waals surface area contributed by atoms with Gasteiger partial charge in [0.25, 0.3) is 0 Å². The van der Waals surface area contributed by atoms with E-state index in [1.165, 1.54) is 5.00 Å². The van der Waals surface area contributed by atoms with Gasteiger partial charge in [-0.1, -0.05) is 18.2 Å². The number of aliphatic imine (C=N–C) groups is 1. The molecule has 0 atom stereocenters. The van der Waals surface area contributed by atoms with Gasteiger partial charge in [0.1, 0.15) is 0 Å². The zero-order chi connectivity index (χ0) is 19.8. The van der Waals surface area contributed by atoms with E-state index < -0.39 is 9.84 Å².